The first kappa shape index (κ1) is 12.6. The van der Waals surface area contributed by atoms with E-state index in [9.17, 15) is 0 Å². The molecular weight excluding hydrogens is 228 g/mol. The first-order valence-corrected chi connectivity index (χ1v) is 6.00. The summed E-state index contributed by atoms with van der Waals surface area (Å²) in [5, 5.41) is 4.31. The highest BCUT2D eigenvalue weighted by Crippen LogP contribution is 2.25. The fraction of sp³-hybridized carbons (Fsp3) is 0.385. The first-order valence-electron chi connectivity index (χ1n) is 6.00. The summed E-state index contributed by atoms with van der Waals surface area (Å²) in [5.74, 6) is 0.554. The predicted octanol–water partition coefficient (Wildman–Crippen LogP) is 2.39. The van der Waals surface area contributed by atoms with Crippen LogP contribution in [0, 0.1) is 6.92 Å². The van der Waals surface area contributed by atoms with Crippen molar-refractivity contribution in [2.24, 2.45) is 0 Å². The van der Waals surface area contributed by atoms with Gasteiger partial charge in [0, 0.05) is 24.6 Å². The molecule has 0 bridgehead atoms. The molecule has 0 aromatic carbocycles. The molecule has 96 valence electrons. The molecule has 0 fully saturated rings. The number of rotatable bonds is 4. The smallest absolute Gasteiger partial charge is 0.147 e. The number of nitrogens with two attached hydrogens (primary N) is 1. The van der Waals surface area contributed by atoms with Crippen molar-refractivity contribution >= 4 is 5.82 Å². The van der Waals surface area contributed by atoms with Gasteiger partial charge in [-0.05, 0) is 38.0 Å². The zero-order valence-corrected chi connectivity index (χ0v) is 10.9. The molecule has 0 radical (unpaired) electrons. The molecule has 0 spiro atoms. The Morgan fingerprint density at radius 3 is 3.00 bits per heavy atom. The lowest BCUT2D eigenvalue weighted by atomic mass is 10.1. The Labute approximate surface area is 107 Å². The third-order valence-electron chi connectivity index (χ3n) is 2.94. The van der Waals surface area contributed by atoms with Gasteiger partial charge in [-0.1, -0.05) is 0 Å². The van der Waals surface area contributed by atoms with E-state index in [-0.39, 0.29) is 6.23 Å². The van der Waals surface area contributed by atoms with Gasteiger partial charge in [0.2, 0.25) is 0 Å². The third-order valence-corrected chi connectivity index (χ3v) is 2.94. The van der Waals surface area contributed by atoms with E-state index < -0.39 is 0 Å². The molecule has 0 aliphatic carbocycles. The maximum absolute atomic E-state index is 5.81. The second-order valence-corrected chi connectivity index (χ2v) is 4.13. The average molecular weight is 246 g/mol. The van der Waals surface area contributed by atoms with Crippen LogP contribution < -0.4 is 5.73 Å². The zero-order chi connectivity index (χ0) is 13.1. The van der Waals surface area contributed by atoms with E-state index in [4.69, 9.17) is 10.5 Å². The van der Waals surface area contributed by atoms with E-state index in [1.165, 1.54) is 0 Å². The number of hydrogen-bond acceptors (Lipinski definition) is 4. The van der Waals surface area contributed by atoms with E-state index >= 15 is 0 Å². The Morgan fingerprint density at radius 2 is 2.28 bits per heavy atom. The molecule has 1 atom stereocenters. The number of ether oxygens (including phenoxy) is 1. The van der Waals surface area contributed by atoms with Crippen LogP contribution in [0.1, 0.15) is 25.6 Å². The van der Waals surface area contributed by atoms with E-state index in [1.807, 2.05) is 39.2 Å². The molecule has 0 amide bonds. The molecule has 2 aromatic heterocycles. The molecule has 0 aliphatic heterocycles. The number of anilines is 1. The minimum atomic E-state index is -0.0664. The number of pyridine rings is 1. The second kappa shape index (κ2) is 5.18. The second-order valence-electron chi connectivity index (χ2n) is 4.13. The Morgan fingerprint density at radius 1 is 1.50 bits per heavy atom. The van der Waals surface area contributed by atoms with Crippen LogP contribution in [-0.4, -0.2) is 21.4 Å². The third kappa shape index (κ3) is 2.36. The monoisotopic (exact) mass is 246 g/mol. The molecule has 18 heavy (non-hydrogen) atoms. The lowest BCUT2D eigenvalue weighted by molar-refractivity contribution is 0.0160. The van der Waals surface area contributed by atoms with Gasteiger partial charge in [0.15, 0.2) is 0 Å². The van der Waals surface area contributed by atoms with Crippen molar-refractivity contribution in [1.82, 2.24) is 14.8 Å². The molecule has 1 unspecified atom stereocenters. The van der Waals surface area contributed by atoms with Crippen molar-refractivity contribution < 1.29 is 4.74 Å². The molecule has 2 N–H and O–H groups in total. The lowest BCUT2D eigenvalue weighted by Gasteiger charge is -2.11. The fourth-order valence-electron chi connectivity index (χ4n) is 1.86. The van der Waals surface area contributed by atoms with Crippen molar-refractivity contribution in [3.8, 4) is 11.1 Å². The van der Waals surface area contributed by atoms with Crippen LogP contribution >= 0.6 is 0 Å². The van der Waals surface area contributed by atoms with Crippen molar-refractivity contribution in [1.29, 1.82) is 0 Å². The van der Waals surface area contributed by atoms with Crippen LogP contribution in [-0.2, 0) is 4.74 Å². The topological polar surface area (TPSA) is 66.0 Å². The van der Waals surface area contributed by atoms with Crippen LogP contribution in [0.3, 0.4) is 0 Å². The number of nitrogen functional groups attached to an aromatic ring is 1. The lowest BCUT2D eigenvalue weighted by Crippen LogP contribution is -2.09. The highest BCUT2D eigenvalue weighted by atomic mass is 16.5. The summed E-state index contributed by atoms with van der Waals surface area (Å²) in [7, 11) is 0. The number of nitrogens with zero attached hydrogens (tertiary/aromatic N) is 3. The molecule has 5 heteroatoms. The van der Waals surface area contributed by atoms with Gasteiger partial charge in [0.05, 0.1) is 6.20 Å². The summed E-state index contributed by atoms with van der Waals surface area (Å²) >= 11 is 0. The largest absolute Gasteiger partial charge is 0.383 e. The highest BCUT2D eigenvalue weighted by Gasteiger charge is 2.10. The Balaban J connectivity index is 2.32. The molecule has 0 saturated carbocycles. The summed E-state index contributed by atoms with van der Waals surface area (Å²) in [5.41, 5.74) is 8.86. The van der Waals surface area contributed by atoms with E-state index in [0.29, 0.717) is 12.4 Å². The van der Waals surface area contributed by atoms with Gasteiger partial charge >= 0.3 is 0 Å². The van der Waals surface area contributed by atoms with Gasteiger partial charge in [0.25, 0.3) is 0 Å². The van der Waals surface area contributed by atoms with Gasteiger partial charge in [-0.25, -0.2) is 9.67 Å². The SMILES string of the molecule is CCOC(C)n1cc(-c2ccnc(N)c2C)cn1. The van der Waals surface area contributed by atoms with Crippen LogP contribution in [0.2, 0.25) is 0 Å². The highest BCUT2D eigenvalue weighted by molar-refractivity contribution is 5.69. The van der Waals surface area contributed by atoms with Gasteiger partial charge in [0.1, 0.15) is 12.0 Å². The summed E-state index contributed by atoms with van der Waals surface area (Å²) < 4.78 is 7.29. The minimum absolute atomic E-state index is 0.0664. The maximum atomic E-state index is 5.81. The fourth-order valence-corrected chi connectivity index (χ4v) is 1.86. The Hall–Kier alpha value is -1.88. The van der Waals surface area contributed by atoms with Crippen LogP contribution in [0.4, 0.5) is 5.82 Å². The predicted molar refractivity (Wildman–Crippen MR) is 70.9 cm³/mol. The van der Waals surface area contributed by atoms with E-state index in [0.717, 1.165) is 16.7 Å². The van der Waals surface area contributed by atoms with Gasteiger partial charge in [-0.15, -0.1) is 0 Å². The van der Waals surface area contributed by atoms with Crippen molar-refractivity contribution in [2.45, 2.75) is 27.0 Å². The molecule has 2 heterocycles. The van der Waals surface area contributed by atoms with Crippen LogP contribution in [0.25, 0.3) is 11.1 Å². The zero-order valence-electron chi connectivity index (χ0n) is 10.9. The molecule has 0 saturated heterocycles. The molecular formula is C13H18N4O. The van der Waals surface area contributed by atoms with Crippen molar-refractivity contribution in [2.75, 3.05) is 12.3 Å². The Kier molecular flexibility index (Phi) is 3.62. The normalized spacial score (nSPS) is 12.6. The number of hydrogen-bond donors (Lipinski definition) is 1. The van der Waals surface area contributed by atoms with Crippen molar-refractivity contribution in [3.63, 3.8) is 0 Å². The standard InChI is InChI=1S/C13H18N4O/c1-4-18-10(3)17-8-11(7-16-17)12-5-6-15-13(14)9(12)2/h5-8,10H,4H2,1-3H3,(H2,14,15). The summed E-state index contributed by atoms with van der Waals surface area (Å²) in [6.07, 6.45) is 5.42. The van der Waals surface area contributed by atoms with Gasteiger partial charge < -0.3 is 10.5 Å². The van der Waals surface area contributed by atoms with Gasteiger partial charge in [-0.3, -0.25) is 0 Å². The molecule has 0 aliphatic rings. The van der Waals surface area contributed by atoms with Crippen LogP contribution in [0.15, 0.2) is 24.7 Å². The van der Waals surface area contributed by atoms with Gasteiger partial charge in [-0.2, -0.15) is 5.10 Å². The van der Waals surface area contributed by atoms with E-state index in [1.54, 1.807) is 10.9 Å². The molecule has 2 aromatic rings. The first-order chi connectivity index (χ1) is 8.63. The van der Waals surface area contributed by atoms with Crippen LogP contribution in [0.5, 0.6) is 0 Å². The summed E-state index contributed by atoms with van der Waals surface area (Å²) in [6.45, 7) is 6.56. The Bertz CT molecular complexity index is 536. The van der Waals surface area contributed by atoms with E-state index in [2.05, 4.69) is 10.1 Å². The summed E-state index contributed by atoms with van der Waals surface area (Å²) in [4.78, 5) is 4.06. The van der Waals surface area contributed by atoms with Crippen molar-refractivity contribution in [3.05, 3.63) is 30.2 Å². The average Bonchev–Trinajstić information content (AvgIpc) is 2.82. The number of aromatic nitrogens is 3. The summed E-state index contributed by atoms with van der Waals surface area (Å²) in [6, 6.07) is 1.94. The maximum Gasteiger partial charge on any atom is 0.147 e. The molecule has 5 nitrogen and oxygen atoms in total. The quantitative estimate of drug-likeness (QED) is 0.899. The minimum Gasteiger partial charge on any atom is -0.383 e. The molecule has 2 rings (SSSR count).